The predicted octanol–water partition coefficient (Wildman–Crippen LogP) is -9.17. The summed E-state index contributed by atoms with van der Waals surface area (Å²) in [7, 11) is 0. The number of aliphatic hydroxyl groups excluding tert-OH is 2. The molecule has 0 aromatic carbocycles. The van der Waals surface area contributed by atoms with Crippen LogP contribution in [-0.4, -0.2) is 226 Å². The van der Waals surface area contributed by atoms with Gasteiger partial charge in [0.25, 0.3) is 0 Å². The molecule has 0 aliphatic carbocycles. The summed E-state index contributed by atoms with van der Waals surface area (Å²) in [5, 5.41) is 74.5. The maximum Gasteiger partial charge on any atom is 0.326 e. The van der Waals surface area contributed by atoms with Gasteiger partial charge in [0.2, 0.25) is 70.9 Å². The molecule has 39 nitrogen and oxygen atoms in total. The van der Waals surface area contributed by atoms with E-state index in [9.17, 15) is 92.3 Å². The van der Waals surface area contributed by atoms with Gasteiger partial charge in [0.15, 0.2) is 11.9 Å². The molecule has 0 aliphatic rings. The number of nitrogens with two attached hydrogens (primary N) is 6. The van der Waals surface area contributed by atoms with Crippen LogP contribution in [0.3, 0.4) is 0 Å². The van der Waals surface area contributed by atoms with Crippen LogP contribution >= 0.6 is 0 Å². The number of nitrogens with zero attached hydrogens (tertiary/aromatic N) is 2. The number of carboxylic acids is 3. The SMILES string of the molecule is CC(C)C[C@H](NC(=O)[C@H](CC(=O)O)NC(=O)[C@@H](NC(=O)[C@H](CCCN=C(N)N)NC(=O)[C@H](CO)NC(=O)CNC(=O)[C@H](CCCN=C(N)N)NC(=O)[C@@H](NC(=O)CNC(=O)[C@H](CC(C)C)NC(=O)[C@@H](N)CCC(=O)O)[C@@H](C)O)C(C)C)C(=O)N[C@@H](CCC(N)=O)C(=O)O. The highest BCUT2D eigenvalue weighted by molar-refractivity contribution is 5.99. The number of aliphatic carboxylic acids is 3. The highest BCUT2D eigenvalue weighted by Crippen LogP contribution is 2.12. The van der Waals surface area contributed by atoms with Gasteiger partial charge in [-0.3, -0.25) is 77.1 Å². The van der Waals surface area contributed by atoms with E-state index in [4.69, 9.17) is 39.5 Å². The second-order valence-electron chi connectivity index (χ2n) is 22.8. The maximum absolute atomic E-state index is 14.1. The van der Waals surface area contributed by atoms with Crippen molar-refractivity contribution in [2.45, 2.75) is 186 Å². The van der Waals surface area contributed by atoms with Crippen molar-refractivity contribution in [2.75, 3.05) is 32.8 Å². The maximum atomic E-state index is 14.1. The standard InChI is InChI=1S/C54H95N19O20/c1-24(2)18-32(69-43(83)28(55)12-15-39(79)80)45(85)64-22-38(78)72-42(27(7)75)51(91)67-29(10-8-16-61-53(57)58)44(84)63-21-37(77)65-35(23-74)49(89)66-30(11-9-17-62-54(59)60)46(86)73-41(26(5)6)50(90)71-34(20-40(81)82)48(88)70-33(19-25(3)4)47(87)68-31(52(92)93)13-14-36(56)76/h24-35,41-42,74-75H,8-23,55H2,1-7H3,(H2,56,76)(H,63,84)(H,64,85)(H,65,77)(H,66,89)(H,67,91)(H,68,87)(H,69,83)(H,70,88)(H,71,90)(H,72,78)(H,73,86)(H,79,80)(H,81,82)(H,92,93)(H4,57,58,61)(H4,59,60,62)/t27-,28+,29+,30+,31+,32+,33+,34+,35+,41+,42+/m1/s1. The van der Waals surface area contributed by atoms with Crippen molar-refractivity contribution in [3.63, 3.8) is 0 Å². The first-order valence-corrected chi connectivity index (χ1v) is 29.7. The number of amides is 12. The van der Waals surface area contributed by atoms with Gasteiger partial charge >= 0.3 is 17.9 Å². The number of hydrogen-bond donors (Lipinski definition) is 22. The van der Waals surface area contributed by atoms with Crippen molar-refractivity contribution in [2.24, 2.45) is 62.1 Å². The molecule has 0 aliphatic heterocycles. The zero-order valence-electron chi connectivity index (χ0n) is 53.1. The Morgan fingerprint density at radius 1 is 0.419 bits per heavy atom. The molecule has 526 valence electrons. The molecule has 0 unspecified atom stereocenters. The van der Waals surface area contributed by atoms with Crippen LogP contribution in [0.4, 0.5) is 0 Å². The number of rotatable bonds is 46. The van der Waals surface area contributed by atoms with Crippen LogP contribution in [0, 0.1) is 17.8 Å². The van der Waals surface area contributed by atoms with Gasteiger partial charge in [0.1, 0.15) is 54.4 Å². The van der Waals surface area contributed by atoms with Crippen LogP contribution in [0.2, 0.25) is 0 Å². The quantitative estimate of drug-likeness (QED) is 0.0153. The summed E-state index contributed by atoms with van der Waals surface area (Å²) in [6.07, 6.45) is -4.74. The number of carbonyl (C=O) groups excluding carboxylic acids is 12. The zero-order valence-corrected chi connectivity index (χ0v) is 53.1. The van der Waals surface area contributed by atoms with E-state index >= 15 is 0 Å². The molecule has 0 aromatic rings. The van der Waals surface area contributed by atoms with Crippen LogP contribution in [-0.2, 0) is 71.9 Å². The summed E-state index contributed by atoms with van der Waals surface area (Å²) in [5.41, 5.74) is 32.6. The van der Waals surface area contributed by atoms with Crippen LogP contribution < -0.4 is 92.9 Å². The Morgan fingerprint density at radius 2 is 0.828 bits per heavy atom. The third kappa shape index (κ3) is 35.6. The first-order chi connectivity index (χ1) is 43.3. The summed E-state index contributed by atoms with van der Waals surface area (Å²) in [6, 6.07) is -15.9. The normalized spacial score (nSPS) is 14.5. The number of carbonyl (C=O) groups is 15. The minimum atomic E-state index is -1.92. The fourth-order valence-electron chi connectivity index (χ4n) is 8.35. The Kier molecular flexibility index (Phi) is 38.8. The number of carboxylic acid groups (broad SMARTS) is 3. The molecule has 0 aromatic heterocycles. The lowest BCUT2D eigenvalue weighted by Gasteiger charge is -2.28. The number of nitrogens with one attached hydrogen (secondary N) is 11. The summed E-state index contributed by atoms with van der Waals surface area (Å²) in [6.45, 7) is 7.76. The molecule has 0 radical (unpaired) electrons. The lowest BCUT2D eigenvalue weighted by Crippen LogP contribution is -2.61. The molecule has 0 bridgehead atoms. The molecule has 28 N–H and O–H groups in total. The van der Waals surface area contributed by atoms with Crippen molar-refractivity contribution in [1.82, 2.24) is 58.5 Å². The highest BCUT2D eigenvalue weighted by atomic mass is 16.4. The van der Waals surface area contributed by atoms with Gasteiger partial charge in [-0.05, 0) is 76.0 Å². The molecule has 0 saturated heterocycles. The molecule has 0 fully saturated rings. The number of hydrogen-bond acceptors (Lipinski definition) is 20. The van der Waals surface area contributed by atoms with Gasteiger partial charge < -0.3 is 118 Å². The molecule has 0 rings (SSSR count). The first kappa shape index (κ1) is 83.5. The summed E-state index contributed by atoms with van der Waals surface area (Å²) in [5.74, 6) is -18.8. The van der Waals surface area contributed by atoms with E-state index in [2.05, 4.69) is 68.5 Å². The van der Waals surface area contributed by atoms with Gasteiger partial charge in [-0.25, -0.2) is 4.79 Å². The second kappa shape index (κ2) is 43.3. The summed E-state index contributed by atoms with van der Waals surface area (Å²) < 4.78 is 0. The zero-order chi connectivity index (χ0) is 71.4. The van der Waals surface area contributed by atoms with Crippen molar-refractivity contribution >= 4 is 101 Å². The molecule has 0 spiro atoms. The Balaban J connectivity index is 6.48. The number of aliphatic imine (C=N–C) groups is 2. The lowest BCUT2D eigenvalue weighted by molar-refractivity contribution is -0.143. The van der Waals surface area contributed by atoms with Crippen LogP contribution in [0.15, 0.2) is 9.98 Å². The van der Waals surface area contributed by atoms with Gasteiger partial charge in [-0.2, -0.15) is 0 Å². The van der Waals surface area contributed by atoms with E-state index in [1.165, 1.54) is 13.8 Å². The van der Waals surface area contributed by atoms with E-state index in [1.54, 1.807) is 27.7 Å². The van der Waals surface area contributed by atoms with Gasteiger partial charge in [0.05, 0.1) is 38.3 Å². The molecule has 12 amide bonds. The molecule has 39 heteroatoms. The van der Waals surface area contributed by atoms with Crippen molar-refractivity contribution < 1.29 is 97.5 Å². The van der Waals surface area contributed by atoms with Gasteiger partial charge in [-0.1, -0.05) is 41.5 Å². The number of guanidine groups is 2. The fourth-order valence-corrected chi connectivity index (χ4v) is 8.35. The lowest BCUT2D eigenvalue weighted by atomic mass is 10.00. The Labute approximate surface area is 535 Å². The summed E-state index contributed by atoms with van der Waals surface area (Å²) >= 11 is 0. The van der Waals surface area contributed by atoms with E-state index in [1.807, 2.05) is 0 Å². The molecular weight excluding hydrogens is 1230 g/mol. The minimum Gasteiger partial charge on any atom is -0.481 e. The molecule has 0 heterocycles. The van der Waals surface area contributed by atoms with Crippen molar-refractivity contribution in [3.8, 4) is 0 Å². The van der Waals surface area contributed by atoms with Crippen LogP contribution in [0.25, 0.3) is 0 Å². The average molecular weight is 1330 g/mol. The molecular formula is C54H95N19O20. The van der Waals surface area contributed by atoms with Crippen molar-refractivity contribution in [3.05, 3.63) is 0 Å². The van der Waals surface area contributed by atoms with Gasteiger partial charge in [-0.15, -0.1) is 0 Å². The van der Waals surface area contributed by atoms with Crippen LogP contribution in [0.1, 0.15) is 119 Å². The third-order valence-electron chi connectivity index (χ3n) is 13.2. The third-order valence-corrected chi connectivity index (χ3v) is 13.2. The Morgan fingerprint density at radius 3 is 1.28 bits per heavy atom. The molecule has 93 heavy (non-hydrogen) atoms. The van der Waals surface area contributed by atoms with Gasteiger partial charge in [0, 0.05) is 25.9 Å². The fraction of sp³-hybridized carbons (Fsp3) is 0.685. The van der Waals surface area contributed by atoms with Crippen LogP contribution in [0.5, 0.6) is 0 Å². The largest absolute Gasteiger partial charge is 0.481 e. The first-order valence-electron chi connectivity index (χ1n) is 29.7. The minimum absolute atomic E-state index is 0.0139. The van der Waals surface area contributed by atoms with E-state index in [0.717, 1.165) is 6.92 Å². The van der Waals surface area contributed by atoms with E-state index in [-0.39, 0.29) is 81.8 Å². The second-order valence-corrected chi connectivity index (χ2v) is 22.8. The number of aliphatic hydroxyl groups is 2. The predicted molar refractivity (Wildman–Crippen MR) is 329 cm³/mol. The smallest absolute Gasteiger partial charge is 0.326 e. The van der Waals surface area contributed by atoms with E-state index < -0.39 is 207 Å². The number of primary amides is 1. The van der Waals surface area contributed by atoms with E-state index in [0.29, 0.717) is 0 Å². The Bertz CT molecular complexity index is 2650. The topological polar surface area (TPSA) is 670 Å². The Hall–Kier alpha value is -9.53. The summed E-state index contributed by atoms with van der Waals surface area (Å²) in [4.78, 5) is 202. The molecule has 11 atom stereocenters. The average Bonchev–Trinajstić information content (AvgIpc) is 0.926. The monoisotopic (exact) mass is 1330 g/mol. The van der Waals surface area contributed by atoms with Crippen molar-refractivity contribution in [1.29, 1.82) is 0 Å². The molecule has 0 saturated carbocycles. The highest BCUT2D eigenvalue weighted by Gasteiger charge is 2.37.